The van der Waals surface area contributed by atoms with Crippen LogP contribution in [0.2, 0.25) is 0 Å². The number of carbonyl (C=O) groups is 1. The molecular formula is C10H8F2OS. The van der Waals surface area contributed by atoms with E-state index in [2.05, 4.69) is 6.58 Å². The first-order chi connectivity index (χ1) is 6.56. The van der Waals surface area contributed by atoms with Gasteiger partial charge < -0.3 is 0 Å². The first-order valence-corrected chi connectivity index (χ1v) is 4.66. The van der Waals surface area contributed by atoms with Crippen molar-refractivity contribution in [3.63, 3.8) is 0 Å². The number of rotatable bonds is 4. The van der Waals surface area contributed by atoms with Gasteiger partial charge in [0.15, 0.2) is 0 Å². The zero-order valence-corrected chi connectivity index (χ0v) is 8.06. The van der Waals surface area contributed by atoms with E-state index in [-0.39, 0.29) is 11.8 Å². The number of ketones is 1. The van der Waals surface area contributed by atoms with E-state index in [0.717, 1.165) is 0 Å². The first-order valence-electron chi connectivity index (χ1n) is 3.85. The molecule has 0 aromatic heterocycles. The van der Waals surface area contributed by atoms with Crippen molar-refractivity contribution in [2.75, 3.05) is 0 Å². The molecule has 1 nitrogen and oxygen atoms in total. The second-order valence-electron chi connectivity index (χ2n) is 2.50. The van der Waals surface area contributed by atoms with Crippen molar-refractivity contribution in [3.05, 3.63) is 43.0 Å². The van der Waals surface area contributed by atoms with Gasteiger partial charge in [-0.1, -0.05) is 24.8 Å². The molecule has 1 aromatic carbocycles. The van der Waals surface area contributed by atoms with Crippen molar-refractivity contribution in [1.29, 1.82) is 0 Å². The first kappa shape index (κ1) is 10.9. The monoisotopic (exact) mass is 214 g/mol. The van der Waals surface area contributed by atoms with Crippen LogP contribution in [-0.4, -0.2) is 11.0 Å². The number of carbonyl (C=O) groups excluding carboxylic acids is 1. The smallest absolute Gasteiger partial charge is 0.287 e. The van der Waals surface area contributed by atoms with E-state index in [1.165, 1.54) is 12.1 Å². The van der Waals surface area contributed by atoms with Gasteiger partial charge in [0.05, 0.1) is 0 Å². The van der Waals surface area contributed by atoms with Gasteiger partial charge in [-0.05, 0) is 30.0 Å². The number of hydrogen-bond donors (Lipinski definition) is 0. The van der Waals surface area contributed by atoms with E-state index in [9.17, 15) is 13.6 Å². The summed E-state index contributed by atoms with van der Waals surface area (Å²) in [6, 6.07) is 8.04. The van der Waals surface area contributed by atoms with Crippen LogP contribution in [0.15, 0.2) is 47.9 Å². The fraction of sp³-hybridized carbons (Fsp3) is 0.100. The molecule has 0 aliphatic rings. The maximum atomic E-state index is 13.0. The van der Waals surface area contributed by atoms with Gasteiger partial charge in [-0.3, -0.25) is 4.79 Å². The normalized spacial score (nSPS) is 11.0. The molecule has 0 amide bonds. The zero-order valence-electron chi connectivity index (χ0n) is 7.24. The zero-order chi connectivity index (χ0) is 10.6. The topological polar surface area (TPSA) is 17.1 Å². The molecule has 1 aromatic rings. The Labute approximate surface area is 84.8 Å². The number of benzene rings is 1. The van der Waals surface area contributed by atoms with E-state index in [1.807, 2.05) is 0 Å². The van der Waals surface area contributed by atoms with Crippen LogP contribution in [0.5, 0.6) is 0 Å². The second kappa shape index (κ2) is 4.37. The second-order valence-corrected chi connectivity index (χ2v) is 3.69. The lowest BCUT2D eigenvalue weighted by atomic mass is 10.4. The van der Waals surface area contributed by atoms with Crippen LogP contribution in [0.3, 0.4) is 0 Å². The Morgan fingerprint density at radius 2 is 1.93 bits per heavy atom. The van der Waals surface area contributed by atoms with Crippen molar-refractivity contribution >= 4 is 17.5 Å². The van der Waals surface area contributed by atoms with Gasteiger partial charge in [0, 0.05) is 4.90 Å². The standard InChI is InChI=1S/C10H8F2OS/c1-2-9(13)10(11,12)14-8-6-4-3-5-7-8/h2-7H,1H2. The molecule has 1 rings (SSSR count). The minimum absolute atomic E-state index is 0.224. The summed E-state index contributed by atoms with van der Waals surface area (Å²) in [5.74, 6) is -1.27. The molecule has 0 saturated carbocycles. The van der Waals surface area contributed by atoms with Crippen molar-refractivity contribution in [2.24, 2.45) is 0 Å². The molecule has 4 heteroatoms. The molecule has 0 N–H and O–H groups in total. The summed E-state index contributed by atoms with van der Waals surface area (Å²) in [5.41, 5.74) is 0. The molecule has 0 atom stereocenters. The lowest BCUT2D eigenvalue weighted by molar-refractivity contribution is -0.127. The SMILES string of the molecule is C=CC(=O)C(F)(F)Sc1ccccc1. The number of hydrogen-bond acceptors (Lipinski definition) is 2. The summed E-state index contributed by atoms with van der Waals surface area (Å²) < 4.78 is 26.1. The van der Waals surface area contributed by atoms with Gasteiger partial charge in [0.25, 0.3) is 0 Å². The summed E-state index contributed by atoms with van der Waals surface area (Å²) >= 11 is 0.224. The third-order valence-electron chi connectivity index (χ3n) is 1.46. The Morgan fingerprint density at radius 1 is 1.36 bits per heavy atom. The van der Waals surface area contributed by atoms with E-state index >= 15 is 0 Å². The molecule has 0 unspecified atom stereocenters. The van der Waals surface area contributed by atoms with Crippen molar-refractivity contribution in [3.8, 4) is 0 Å². The molecule has 14 heavy (non-hydrogen) atoms. The van der Waals surface area contributed by atoms with Crippen LogP contribution in [0.25, 0.3) is 0 Å². The van der Waals surface area contributed by atoms with Crippen molar-refractivity contribution in [2.45, 2.75) is 10.2 Å². The highest BCUT2D eigenvalue weighted by Crippen LogP contribution is 2.36. The third kappa shape index (κ3) is 2.67. The molecule has 74 valence electrons. The van der Waals surface area contributed by atoms with Gasteiger partial charge >= 0.3 is 5.25 Å². The van der Waals surface area contributed by atoms with Crippen LogP contribution in [-0.2, 0) is 4.79 Å². The van der Waals surface area contributed by atoms with Crippen LogP contribution >= 0.6 is 11.8 Å². The highest BCUT2D eigenvalue weighted by molar-refractivity contribution is 8.01. The average molecular weight is 214 g/mol. The summed E-state index contributed by atoms with van der Waals surface area (Å²) in [7, 11) is 0. The minimum atomic E-state index is -3.43. The largest absolute Gasteiger partial charge is 0.359 e. The highest BCUT2D eigenvalue weighted by Gasteiger charge is 2.37. The van der Waals surface area contributed by atoms with Gasteiger partial charge in [-0.25, -0.2) is 0 Å². The summed E-state index contributed by atoms with van der Waals surface area (Å²) in [6.07, 6.45) is 0.635. The fourth-order valence-electron chi connectivity index (χ4n) is 0.806. The van der Waals surface area contributed by atoms with Crippen LogP contribution in [0, 0.1) is 0 Å². The van der Waals surface area contributed by atoms with Crippen LogP contribution in [0.4, 0.5) is 8.78 Å². The van der Waals surface area contributed by atoms with E-state index < -0.39 is 11.0 Å². The molecule has 0 aliphatic carbocycles. The minimum Gasteiger partial charge on any atom is -0.287 e. The predicted molar refractivity (Wildman–Crippen MR) is 52.5 cm³/mol. The number of thioether (sulfide) groups is 1. The molecular weight excluding hydrogens is 206 g/mol. The Morgan fingerprint density at radius 3 is 2.43 bits per heavy atom. The number of halogens is 2. The summed E-state index contributed by atoms with van der Waals surface area (Å²) in [6.45, 7) is 3.03. The average Bonchev–Trinajstić information content (AvgIpc) is 2.17. The Balaban J connectivity index is 2.78. The Kier molecular flexibility index (Phi) is 3.41. The van der Waals surface area contributed by atoms with Gasteiger partial charge in [-0.2, -0.15) is 8.78 Å². The van der Waals surface area contributed by atoms with Gasteiger partial charge in [0.1, 0.15) is 0 Å². The van der Waals surface area contributed by atoms with E-state index in [0.29, 0.717) is 11.0 Å². The number of alkyl halides is 2. The van der Waals surface area contributed by atoms with Gasteiger partial charge in [0.2, 0.25) is 5.78 Å². The van der Waals surface area contributed by atoms with Crippen LogP contribution < -0.4 is 0 Å². The molecule has 0 spiro atoms. The lowest BCUT2D eigenvalue weighted by Gasteiger charge is -2.11. The third-order valence-corrected chi connectivity index (χ3v) is 2.43. The molecule has 0 bridgehead atoms. The van der Waals surface area contributed by atoms with Crippen molar-refractivity contribution in [1.82, 2.24) is 0 Å². The molecule has 0 aliphatic heterocycles. The Hall–Kier alpha value is -1.16. The summed E-state index contributed by atoms with van der Waals surface area (Å²) in [4.78, 5) is 11.1. The quantitative estimate of drug-likeness (QED) is 0.565. The molecule has 0 saturated heterocycles. The highest BCUT2D eigenvalue weighted by atomic mass is 32.2. The summed E-state index contributed by atoms with van der Waals surface area (Å²) in [5, 5.41) is -3.43. The molecule has 0 heterocycles. The van der Waals surface area contributed by atoms with E-state index in [1.54, 1.807) is 18.2 Å². The fourth-order valence-corrected chi connectivity index (χ4v) is 1.58. The molecule has 0 fully saturated rings. The van der Waals surface area contributed by atoms with E-state index in [4.69, 9.17) is 0 Å². The Bertz CT molecular complexity index is 335. The lowest BCUT2D eigenvalue weighted by Crippen LogP contribution is -2.21. The van der Waals surface area contributed by atoms with Gasteiger partial charge in [-0.15, -0.1) is 0 Å². The van der Waals surface area contributed by atoms with Crippen molar-refractivity contribution < 1.29 is 13.6 Å². The maximum absolute atomic E-state index is 13.0. The molecule has 0 radical (unpaired) electrons. The predicted octanol–water partition coefficient (Wildman–Crippen LogP) is 3.13. The maximum Gasteiger partial charge on any atom is 0.359 e. The number of allylic oxidation sites excluding steroid dienone is 1. The van der Waals surface area contributed by atoms with Crippen LogP contribution in [0.1, 0.15) is 0 Å².